The second kappa shape index (κ2) is 8.38. The van der Waals surface area contributed by atoms with E-state index in [1.54, 1.807) is 32.4 Å². The van der Waals surface area contributed by atoms with Gasteiger partial charge in [0.2, 0.25) is 5.91 Å². The predicted octanol–water partition coefficient (Wildman–Crippen LogP) is 4.40. The average molecular weight is 409 g/mol. The van der Waals surface area contributed by atoms with E-state index in [1.807, 2.05) is 19.1 Å². The lowest BCUT2D eigenvalue weighted by atomic mass is 9.97. The van der Waals surface area contributed by atoms with Crippen molar-refractivity contribution in [2.24, 2.45) is 0 Å². The smallest absolute Gasteiger partial charge is 0.241 e. The molecule has 0 saturated heterocycles. The minimum Gasteiger partial charge on any atom is -0.493 e. The van der Waals surface area contributed by atoms with Crippen LogP contribution in [0, 0.1) is 0 Å². The molecule has 0 spiro atoms. The van der Waals surface area contributed by atoms with E-state index >= 15 is 0 Å². The standard InChI is InChI=1S/C20H22Cl2N2O3/c1-12(20(25)23-17-5-4-15(21)10-16(17)22)24-7-6-13-8-18(26-2)19(27-3)9-14(13)11-24/h4-5,8-10,12H,6-7,11H2,1-3H3,(H,23,25). The summed E-state index contributed by atoms with van der Waals surface area (Å²) >= 11 is 12.1. The number of ether oxygens (including phenoxy) is 2. The van der Waals surface area contributed by atoms with Crippen molar-refractivity contribution < 1.29 is 14.3 Å². The Balaban J connectivity index is 1.73. The molecule has 2 aromatic rings. The molecule has 1 atom stereocenters. The van der Waals surface area contributed by atoms with Crippen LogP contribution in [-0.2, 0) is 17.8 Å². The van der Waals surface area contributed by atoms with Crippen LogP contribution >= 0.6 is 23.2 Å². The molecule has 0 bridgehead atoms. The zero-order valence-corrected chi connectivity index (χ0v) is 17.0. The van der Waals surface area contributed by atoms with Gasteiger partial charge in [0.05, 0.1) is 31.0 Å². The van der Waals surface area contributed by atoms with E-state index in [1.165, 1.54) is 5.56 Å². The monoisotopic (exact) mass is 408 g/mol. The van der Waals surface area contributed by atoms with Crippen LogP contribution in [0.2, 0.25) is 10.0 Å². The van der Waals surface area contributed by atoms with E-state index in [4.69, 9.17) is 32.7 Å². The number of hydrogen-bond acceptors (Lipinski definition) is 4. The maximum absolute atomic E-state index is 12.7. The van der Waals surface area contributed by atoms with Crippen molar-refractivity contribution in [1.82, 2.24) is 4.90 Å². The fourth-order valence-electron chi connectivity index (χ4n) is 3.23. The van der Waals surface area contributed by atoms with Crippen molar-refractivity contribution in [1.29, 1.82) is 0 Å². The first-order valence-corrected chi connectivity index (χ1v) is 9.42. The Bertz CT molecular complexity index is 857. The number of halogens is 2. The normalized spacial score (nSPS) is 15.0. The third-order valence-electron chi connectivity index (χ3n) is 4.86. The zero-order valence-electron chi connectivity index (χ0n) is 15.5. The number of amides is 1. The van der Waals surface area contributed by atoms with Crippen molar-refractivity contribution in [2.75, 3.05) is 26.1 Å². The first-order valence-electron chi connectivity index (χ1n) is 8.66. The zero-order chi connectivity index (χ0) is 19.6. The Hall–Kier alpha value is -1.95. The highest BCUT2D eigenvalue weighted by Gasteiger charge is 2.27. The molecule has 1 unspecified atom stereocenters. The van der Waals surface area contributed by atoms with Crippen LogP contribution in [0.15, 0.2) is 30.3 Å². The second-order valence-corrected chi connectivity index (χ2v) is 7.33. The molecular formula is C20H22Cl2N2O3. The molecule has 27 heavy (non-hydrogen) atoms. The summed E-state index contributed by atoms with van der Waals surface area (Å²) in [6, 6.07) is 8.71. The lowest BCUT2D eigenvalue weighted by Gasteiger charge is -2.33. The number of nitrogens with zero attached hydrogens (tertiary/aromatic N) is 1. The van der Waals surface area contributed by atoms with Crippen molar-refractivity contribution >= 4 is 34.8 Å². The van der Waals surface area contributed by atoms with Crippen molar-refractivity contribution in [2.45, 2.75) is 25.9 Å². The number of benzene rings is 2. The minimum atomic E-state index is -0.307. The van der Waals surface area contributed by atoms with Gasteiger partial charge in [-0.3, -0.25) is 9.69 Å². The van der Waals surface area contributed by atoms with Crippen LogP contribution in [0.25, 0.3) is 0 Å². The number of anilines is 1. The number of carbonyl (C=O) groups is 1. The lowest BCUT2D eigenvalue weighted by Crippen LogP contribution is -2.44. The molecule has 1 aliphatic heterocycles. The molecule has 1 heterocycles. The van der Waals surface area contributed by atoms with Gasteiger partial charge in [-0.05, 0) is 54.8 Å². The van der Waals surface area contributed by atoms with Gasteiger partial charge in [0.25, 0.3) is 0 Å². The Labute approximate surface area is 169 Å². The molecule has 5 nitrogen and oxygen atoms in total. The van der Waals surface area contributed by atoms with Gasteiger partial charge in [-0.1, -0.05) is 23.2 Å². The molecule has 144 valence electrons. The van der Waals surface area contributed by atoms with Gasteiger partial charge in [-0.25, -0.2) is 0 Å². The second-order valence-electron chi connectivity index (χ2n) is 6.49. The molecule has 1 N–H and O–H groups in total. The van der Waals surface area contributed by atoms with E-state index < -0.39 is 0 Å². The van der Waals surface area contributed by atoms with Gasteiger partial charge in [0.15, 0.2) is 11.5 Å². The molecule has 0 radical (unpaired) electrons. The maximum atomic E-state index is 12.7. The minimum absolute atomic E-state index is 0.108. The van der Waals surface area contributed by atoms with Crippen LogP contribution in [0.4, 0.5) is 5.69 Å². The van der Waals surface area contributed by atoms with Gasteiger partial charge >= 0.3 is 0 Å². The van der Waals surface area contributed by atoms with E-state index in [-0.39, 0.29) is 11.9 Å². The number of carbonyl (C=O) groups excluding carboxylic acids is 1. The fraction of sp³-hybridized carbons (Fsp3) is 0.350. The largest absolute Gasteiger partial charge is 0.493 e. The van der Waals surface area contributed by atoms with Crippen molar-refractivity contribution in [3.05, 3.63) is 51.5 Å². The topological polar surface area (TPSA) is 50.8 Å². The first kappa shape index (κ1) is 19.8. The SMILES string of the molecule is COc1cc2c(cc1OC)CN(C(C)C(=O)Nc1ccc(Cl)cc1Cl)CC2. The molecule has 0 aromatic heterocycles. The summed E-state index contributed by atoms with van der Waals surface area (Å²) in [7, 11) is 3.25. The van der Waals surface area contributed by atoms with Crippen LogP contribution in [-0.4, -0.2) is 37.6 Å². The molecule has 7 heteroatoms. The number of fused-ring (bicyclic) bond motifs is 1. The summed E-state index contributed by atoms with van der Waals surface area (Å²) in [4.78, 5) is 14.8. The first-order chi connectivity index (χ1) is 12.9. The van der Waals surface area contributed by atoms with E-state index in [0.717, 1.165) is 24.3 Å². The number of nitrogens with one attached hydrogen (secondary N) is 1. The van der Waals surface area contributed by atoms with E-state index in [0.29, 0.717) is 28.0 Å². The summed E-state index contributed by atoms with van der Waals surface area (Å²) in [6.45, 7) is 3.34. The molecule has 3 rings (SSSR count). The Morgan fingerprint density at radius 3 is 2.41 bits per heavy atom. The van der Waals surface area contributed by atoms with Gasteiger partial charge in [-0.2, -0.15) is 0 Å². The van der Waals surface area contributed by atoms with Crippen molar-refractivity contribution in [3.63, 3.8) is 0 Å². The summed E-state index contributed by atoms with van der Waals surface area (Å²) in [5.41, 5.74) is 2.92. The molecular weight excluding hydrogens is 387 g/mol. The third kappa shape index (κ3) is 4.32. The van der Waals surface area contributed by atoms with E-state index in [2.05, 4.69) is 10.2 Å². The van der Waals surface area contributed by atoms with Gasteiger partial charge in [-0.15, -0.1) is 0 Å². The molecule has 1 amide bonds. The molecule has 0 saturated carbocycles. The summed E-state index contributed by atoms with van der Waals surface area (Å²) < 4.78 is 10.8. The quantitative estimate of drug-likeness (QED) is 0.796. The van der Waals surface area contributed by atoms with Crippen LogP contribution in [0.3, 0.4) is 0 Å². The molecule has 2 aromatic carbocycles. The Morgan fingerprint density at radius 1 is 1.11 bits per heavy atom. The maximum Gasteiger partial charge on any atom is 0.241 e. The summed E-state index contributed by atoms with van der Waals surface area (Å²) in [5, 5.41) is 3.83. The Morgan fingerprint density at radius 2 is 1.78 bits per heavy atom. The number of rotatable bonds is 5. The Kier molecular flexibility index (Phi) is 6.15. The number of hydrogen-bond donors (Lipinski definition) is 1. The molecule has 0 aliphatic carbocycles. The van der Waals surface area contributed by atoms with Crippen molar-refractivity contribution in [3.8, 4) is 11.5 Å². The van der Waals surface area contributed by atoms with Gasteiger partial charge in [0, 0.05) is 18.1 Å². The predicted molar refractivity (Wildman–Crippen MR) is 108 cm³/mol. The highest BCUT2D eigenvalue weighted by Crippen LogP contribution is 2.34. The van der Waals surface area contributed by atoms with E-state index in [9.17, 15) is 4.79 Å². The summed E-state index contributed by atoms with van der Waals surface area (Å²) in [5.74, 6) is 1.32. The molecule has 0 fully saturated rings. The van der Waals surface area contributed by atoms with Crippen LogP contribution in [0.5, 0.6) is 11.5 Å². The third-order valence-corrected chi connectivity index (χ3v) is 5.41. The highest BCUT2D eigenvalue weighted by molar-refractivity contribution is 6.36. The molecule has 1 aliphatic rings. The van der Waals surface area contributed by atoms with Crippen LogP contribution in [0.1, 0.15) is 18.1 Å². The van der Waals surface area contributed by atoms with Gasteiger partial charge < -0.3 is 14.8 Å². The number of methoxy groups -OCH3 is 2. The van der Waals surface area contributed by atoms with Crippen LogP contribution < -0.4 is 14.8 Å². The van der Waals surface area contributed by atoms with Gasteiger partial charge in [0.1, 0.15) is 0 Å². The fourth-order valence-corrected chi connectivity index (χ4v) is 3.69. The lowest BCUT2D eigenvalue weighted by molar-refractivity contribution is -0.121. The summed E-state index contributed by atoms with van der Waals surface area (Å²) in [6.07, 6.45) is 0.842. The average Bonchev–Trinajstić information content (AvgIpc) is 2.67. The highest BCUT2D eigenvalue weighted by atomic mass is 35.5.